The molecule has 0 aliphatic carbocycles. The predicted octanol–water partition coefficient (Wildman–Crippen LogP) is 4.03. The molecular formula is C15H13BrN2. The Kier molecular flexibility index (Phi) is 2.84. The summed E-state index contributed by atoms with van der Waals surface area (Å²) in [6.45, 7) is 0.856. The molecule has 0 amide bonds. The van der Waals surface area contributed by atoms with Crippen molar-refractivity contribution in [2.24, 2.45) is 0 Å². The second kappa shape index (κ2) is 4.50. The van der Waals surface area contributed by atoms with Crippen LogP contribution in [0.4, 0.5) is 5.69 Å². The monoisotopic (exact) mass is 300 g/mol. The largest absolute Gasteiger partial charge is 0.399 e. The summed E-state index contributed by atoms with van der Waals surface area (Å²) in [6.07, 6.45) is 2.10. The Morgan fingerprint density at radius 3 is 2.72 bits per heavy atom. The van der Waals surface area contributed by atoms with Gasteiger partial charge in [-0.2, -0.15) is 0 Å². The van der Waals surface area contributed by atoms with E-state index in [1.165, 1.54) is 16.5 Å². The molecule has 2 N–H and O–H groups in total. The molecule has 0 saturated carbocycles. The van der Waals surface area contributed by atoms with Gasteiger partial charge in [0.05, 0.1) is 0 Å². The second-order valence-corrected chi connectivity index (χ2v) is 5.21. The van der Waals surface area contributed by atoms with Crippen molar-refractivity contribution < 1.29 is 0 Å². The zero-order valence-corrected chi connectivity index (χ0v) is 11.4. The summed E-state index contributed by atoms with van der Waals surface area (Å²) >= 11 is 3.58. The molecular weight excluding hydrogens is 288 g/mol. The summed E-state index contributed by atoms with van der Waals surface area (Å²) < 4.78 is 3.37. The third kappa shape index (κ3) is 2.02. The zero-order chi connectivity index (χ0) is 12.5. The standard InChI is InChI=1S/C15H13BrN2/c16-14-4-2-1-3-12(14)10-18-8-7-11-9-13(17)5-6-15(11)18/h1-9H,10,17H2. The van der Waals surface area contributed by atoms with E-state index in [-0.39, 0.29) is 0 Å². The maximum absolute atomic E-state index is 5.79. The van der Waals surface area contributed by atoms with Crippen LogP contribution in [-0.2, 0) is 6.54 Å². The summed E-state index contributed by atoms with van der Waals surface area (Å²) in [6, 6.07) is 16.4. The van der Waals surface area contributed by atoms with E-state index in [1.807, 2.05) is 18.2 Å². The van der Waals surface area contributed by atoms with E-state index in [0.29, 0.717) is 0 Å². The van der Waals surface area contributed by atoms with Crippen LogP contribution >= 0.6 is 15.9 Å². The van der Waals surface area contributed by atoms with E-state index < -0.39 is 0 Å². The van der Waals surface area contributed by atoms with Crippen LogP contribution in [-0.4, -0.2) is 4.57 Å². The number of nitrogens with zero attached hydrogens (tertiary/aromatic N) is 1. The van der Waals surface area contributed by atoms with E-state index in [9.17, 15) is 0 Å². The molecule has 0 saturated heterocycles. The molecule has 3 rings (SSSR count). The number of fused-ring (bicyclic) bond motifs is 1. The fourth-order valence-corrected chi connectivity index (χ4v) is 2.58. The van der Waals surface area contributed by atoms with Crippen molar-refractivity contribution in [1.82, 2.24) is 4.57 Å². The first kappa shape index (κ1) is 11.4. The number of anilines is 1. The highest BCUT2D eigenvalue weighted by Gasteiger charge is 2.04. The number of aromatic nitrogens is 1. The van der Waals surface area contributed by atoms with Crippen LogP contribution in [0, 0.1) is 0 Å². The fourth-order valence-electron chi connectivity index (χ4n) is 2.17. The molecule has 0 fully saturated rings. The zero-order valence-electron chi connectivity index (χ0n) is 9.81. The first-order chi connectivity index (χ1) is 8.74. The molecule has 1 aromatic heterocycles. The number of hydrogen-bond acceptors (Lipinski definition) is 1. The summed E-state index contributed by atoms with van der Waals surface area (Å²) in [5.74, 6) is 0. The Balaban J connectivity index is 2.03. The van der Waals surface area contributed by atoms with E-state index in [1.54, 1.807) is 0 Å². The van der Waals surface area contributed by atoms with E-state index in [4.69, 9.17) is 5.73 Å². The van der Waals surface area contributed by atoms with Gasteiger partial charge in [-0.3, -0.25) is 0 Å². The molecule has 3 heteroatoms. The molecule has 0 spiro atoms. The molecule has 1 heterocycles. The third-order valence-corrected chi connectivity index (χ3v) is 3.87. The van der Waals surface area contributed by atoms with Gasteiger partial charge in [-0.25, -0.2) is 0 Å². The van der Waals surface area contributed by atoms with Crippen molar-refractivity contribution in [3.05, 3.63) is 64.8 Å². The van der Waals surface area contributed by atoms with Crippen molar-refractivity contribution in [1.29, 1.82) is 0 Å². The van der Waals surface area contributed by atoms with Crippen LogP contribution < -0.4 is 5.73 Å². The summed E-state index contributed by atoms with van der Waals surface area (Å²) in [7, 11) is 0. The number of rotatable bonds is 2. The minimum atomic E-state index is 0.807. The lowest BCUT2D eigenvalue weighted by atomic mass is 10.2. The Bertz CT molecular complexity index is 701. The van der Waals surface area contributed by atoms with Crippen LogP contribution in [0.2, 0.25) is 0 Å². The van der Waals surface area contributed by atoms with Gasteiger partial charge in [0.25, 0.3) is 0 Å². The van der Waals surface area contributed by atoms with Crippen molar-refractivity contribution in [2.75, 3.05) is 5.73 Å². The van der Waals surface area contributed by atoms with Gasteiger partial charge in [0.2, 0.25) is 0 Å². The van der Waals surface area contributed by atoms with Crippen LogP contribution in [0.1, 0.15) is 5.56 Å². The Labute approximate surface area is 114 Å². The van der Waals surface area contributed by atoms with Crippen molar-refractivity contribution >= 4 is 32.5 Å². The first-order valence-electron chi connectivity index (χ1n) is 5.82. The van der Waals surface area contributed by atoms with Gasteiger partial charge >= 0.3 is 0 Å². The molecule has 90 valence electrons. The van der Waals surface area contributed by atoms with Gasteiger partial charge in [-0.1, -0.05) is 34.1 Å². The highest BCUT2D eigenvalue weighted by atomic mass is 79.9. The molecule has 2 nitrogen and oxygen atoms in total. The summed E-state index contributed by atoms with van der Waals surface area (Å²) in [5, 5.41) is 1.18. The van der Waals surface area contributed by atoms with Crippen LogP contribution in [0.5, 0.6) is 0 Å². The third-order valence-electron chi connectivity index (χ3n) is 3.09. The van der Waals surface area contributed by atoms with E-state index in [2.05, 4.69) is 57.0 Å². The smallest absolute Gasteiger partial charge is 0.0487 e. The van der Waals surface area contributed by atoms with Gasteiger partial charge < -0.3 is 10.3 Å². The summed E-state index contributed by atoms with van der Waals surface area (Å²) in [4.78, 5) is 0. The van der Waals surface area contributed by atoms with Crippen molar-refractivity contribution in [3.8, 4) is 0 Å². The van der Waals surface area contributed by atoms with Gasteiger partial charge in [0.1, 0.15) is 0 Å². The quantitative estimate of drug-likeness (QED) is 0.712. The number of nitrogens with two attached hydrogens (primary N) is 1. The lowest BCUT2D eigenvalue weighted by Gasteiger charge is -2.07. The van der Waals surface area contributed by atoms with Crippen LogP contribution in [0.3, 0.4) is 0 Å². The normalized spacial score (nSPS) is 10.9. The molecule has 0 aliphatic heterocycles. The molecule has 3 aromatic rings. The van der Waals surface area contributed by atoms with Gasteiger partial charge in [0.15, 0.2) is 0 Å². The molecule has 0 atom stereocenters. The highest BCUT2D eigenvalue weighted by Crippen LogP contribution is 2.22. The highest BCUT2D eigenvalue weighted by molar-refractivity contribution is 9.10. The lowest BCUT2D eigenvalue weighted by Crippen LogP contribution is -1.98. The van der Waals surface area contributed by atoms with Gasteiger partial charge in [0, 0.05) is 33.8 Å². The lowest BCUT2D eigenvalue weighted by molar-refractivity contribution is 0.833. The fraction of sp³-hybridized carbons (Fsp3) is 0.0667. The number of hydrogen-bond donors (Lipinski definition) is 1. The average molecular weight is 301 g/mol. The molecule has 0 bridgehead atoms. The Hall–Kier alpha value is -1.74. The topological polar surface area (TPSA) is 30.9 Å². The van der Waals surface area contributed by atoms with Crippen molar-refractivity contribution in [2.45, 2.75) is 6.54 Å². The maximum atomic E-state index is 5.79. The van der Waals surface area contributed by atoms with Crippen LogP contribution in [0.25, 0.3) is 10.9 Å². The van der Waals surface area contributed by atoms with Crippen molar-refractivity contribution in [3.63, 3.8) is 0 Å². The van der Waals surface area contributed by atoms with Crippen LogP contribution in [0.15, 0.2) is 59.2 Å². The molecule has 0 aliphatic rings. The SMILES string of the molecule is Nc1ccc2c(ccn2Cc2ccccc2Br)c1. The summed E-state index contributed by atoms with van der Waals surface area (Å²) in [5.41, 5.74) is 9.08. The van der Waals surface area contributed by atoms with Gasteiger partial charge in [-0.05, 0) is 35.9 Å². The minimum Gasteiger partial charge on any atom is -0.399 e. The molecule has 2 aromatic carbocycles. The first-order valence-corrected chi connectivity index (χ1v) is 6.61. The van der Waals surface area contributed by atoms with E-state index in [0.717, 1.165) is 16.7 Å². The Morgan fingerprint density at radius 1 is 1.06 bits per heavy atom. The van der Waals surface area contributed by atoms with E-state index >= 15 is 0 Å². The number of benzene rings is 2. The average Bonchev–Trinajstić information content (AvgIpc) is 2.74. The number of nitrogen functional groups attached to an aromatic ring is 1. The maximum Gasteiger partial charge on any atom is 0.0487 e. The molecule has 0 radical (unpaired) electrons. The molecule has 0 unspecified atom stereocenters. The second-order valence-electron chi connectivity index (χ2n) is 4.35. The van der Waals surface area contributed by atoms with Gasteiger partial charge in [-0.15, -0.1) is 0 Å². The predicted molar refractivity (Wildman–Crippen MR) is 79.6 cm³/mol. The Morgan fingerprint density at radius 2 is 1.89 bits per heavy atom. The number of halogens is 1. The minimum absolute atomic E-state index is 0.807. The molecule has 18 heavy (non-hydrogen) atoms.